The fourth-order valence-corrected chi connectivity index (χ4v) is 7.52. The first-order valence-corrected chi connectivity index (χ1v) is 12.9. The molecule has 0 aromatic heterocycles. The number of aliphatic hydroxyl groups is 2. The van der Waals surface area contributed by atoms with E-state index >= 15 is 0 Å². The molecule has 0 radical (unpaired) electrons. The van der Waals surface area contributed by atoms with E-state index in [1.54, 1.807) is 6.07 Å². The standard InChI is InChI=1S/C28H39F3O3/c1-25-15-12-22-21-10-9-20(32)18-19(21)11-17-27(22,23(25)13-16-26(25,2)34)14-7-5-3-4-6-8-24(33)28(29,30)31/h7,9-10,14,18,22-24,32-34H,3-6,8,11-13,15-17H2,1-2H3/t22-,23-,24?,25+,26+,27?/m1/s1. The Labute approximate surface area is 201 Å². The van der Waals surface area contributed by atoms with Crippen molar-refractivity contribution in [2.75, 3.05) is 0 Å². The molecule has 34 heavy (non-hydrogen) atoms. The summed E-state index contributed by atoms with van der Waals surface area (Å²) in [5.41, 5.74) is 1.67. The first-order valence-electron chi connectivity index (χ1n) is 12.9. The third-order valence-corrected chi connectivity index (χ3v) is 9.65. The average Bonchev–Trinajstić information content (AvgIpc) is 3.01. The summed E-state index contributed by atoms with van der Waals surface area (Å²) in [7, 11) is 0. The molecule has 2 fully saturated rings. The molecule has 1 aromatic carbocycles. The molecular weight excluding hydrogens is 441 g/mol. The largest absolute Gasteiger partial charge is 0.508 e. The Balaban J connectivity index is 1.50. The third kappa shape index (κ3) is 4.41. The van der Waals surface area contributed by atoms with Gasteiger partial charge in [-0.15, -0.1) is 0 Å². The Morgan fingerprint density at radius 2 is 1.85 bits per heavy atom. The SMILES string of the molecule is C[C@]1(O)CC[C@H]2C3(C=CCCCCCC(O)C(F)(F)F)CCc4cc(O)ccc4[C@H]3CC[C@@]21C. The number of alkyl halides is 3. The number of aliphatic hydroxyl groups excluding tert-OH is 1. The van der Waals surface area contributed by atoms with E-state index in [4.69, 9.17) is 5.11 Å². The average molecular weight is 481 g/mol. The molecule has 0 saturated heterocycles. The molecule has 0 bridgehead atoms. The molecule has 3 aliphatic carbocycles. The number of fused-ring (bicyclic) bond motifs is 5. The van der Waals surface area contributed by atoms with Crippen molar-refractivity contribution in [3.8, 4) is 5.75 Å². The van der Waals surface area contributed by atoms with Crippen molar-refractivity contribution in [3.05, 3.63) is 41.5 Å². The normalized spacial score (nSPS) is 36.2. The highest BCUT2D eigenvalue weighted by Crippen LogP contribution is 2.70. The molecule has 190 valence electrons. The number of phenolic OH excluding ortho intramolecular Hbond substituents is 1. The smallest absolute Gasteiger partial charge is 0.414 e. The van der Waals surface area contributed by atoms with E-state index in [1.807, 2.05) is 13.0 Å². The molecule has 2 saturated carbocycles. The third-order valence-electron chi connectivity index (χ3n) is 9.65. The summed E-state index contributed by atoms with van der Waals surface area (Å²) in [6, 6.07) is 5.77. The van der Waals surface area contributed by atoms with E-state index in [1.165, 1.54) is 11.1 Å². The number of aryl methyl sites for hydroxylation is 1. The van der Waals surface area contributed by atoms with Gasteiger partial charge in [-0.1, -0.05) is 38.0 Å². The maximum atomic E-state index is 12.5. The summed E-state index contributed by atoms with van der Waals surface area (Å²) in [4.78, 5) is 0. The van der Waals surface area contributed by atoms with E-state index < -0.39 is 17.9 Å². The number of halogens is 3. The minimum Gasteiger partial charge on any atom is -0.508 e. The molecule has 0 aliphatic heterocycles. The molecule has 1 aromatic rings. The van der Waals surface area contributed by atoms with E-state index in [2.05, 4.69) is 25.1 Å². The van der Waals surface area contributed by atoms with Crippen LogP contribution in [0.1, 0.15) is 95.1 Å². The van der Waals surface area contributed by atoms with Crippen LogP contribution in [0.3, 0.4) is 0 Å². The topological polar surface area (TPSA) is 60.7 Å². The Bertz CT molecular complexity index is 909. The Kier molecular flexibility index (Phi) is 6.89. The lowest BCUT2D eigenvalue weighted by atomic mass is 9.46. The number of hydrogen-bond acceptors (Lipinski definition) is 3. The second kappa shape index (κ2) is 9.16. The molecule has 3 N–H and O–H groups in total. The van der Waals surface area contributed by atoms with Gasteiger partial charge in [0.2, 0.25) is 0 Å². The summed E-state index contributed by atoms with van der Waals surface area (Å²) in [6.45, 7) is 4.25. The van der Waals surface area contributed by atoms with Gasteiger partial charge in [0.1, 0.15) is 11.9 Å². The van der Waals surface area contributed by atoms with Crippen LogP contribution in [-0.4, -0.2) is 33.2 Å². The number of rotatable bonds is 7. The van der Waals surface area contributed by atoms with E-state index in [0.29, 0.717) is 30.4 Å². The highest BCUT2D eigenvalue weighted by atomic mass is 19.4. The lowest BCUT2D eigenvalue weighted by Gasteiger charge is -2.59. The van der Waals surface area contributed by atoms with Crippen molar-refractivity contribution < 1.29 is 28.5 Å². The fourth-order valence-electron chi connectivity index (χ4n) is 7.52. The molecule has 4 rings (SSSR count). The van der Waals surface area contributed by atoms with Crippen LogP contribution in [0.4, 0.5) is 13.2 Å². The minimum absolute atomic E-state index is 0.0516. The van der Waals surface area contributed by atoms with Crippen molar-refractivity contribution in [1.29, 1.82) is 0 Å². The summed E-state index contributed by atoms with van der Waals surface area (Å²) in [6.07, 6.45) is 5.91. The summed E-state index contributed by atoms with van der Waals surface area (Å²) < 4.78 is 37.4. The van der Waals surface area contributed by atoms with Crippen LogP contribution < -0.4 is 0 Å². The number of hydrogen-bond donors (Lipinski definition) is 3. The van der Waals surface area contributed by atoms with Gasteiger partial charge in [0.15, 0.2) is 0 Å². The van der Waals surface area contributed by atoms with Gasteiger partial charge >= 0.3 is 6.18 Å². The Morgan fingerprint density at radius 1 is 1.09 bits per heavy atom. The maximum Gasteiger partial charge on any atom is 0.414 e. The van der Waals surface area contributed by atoms with Gasteiger partial charge in [0, 0.05) is 0 Å². The number of phenols is 1. The van der Waals surface area contributed by atoms with Crippen LogP contribution in [0.15, 0.2) is 30.4 Å². The number of allylic oxidation sites excluding steroid dienone is 2. The minimum atomic E-state index is -4.53. The molecule has 2 unspecified atom stereocenters. The second-order valence-corrected chi connectivity index (χ2v) is 11.5. The lowest BCUT2D eigenvalue weighted by molar-refractivity contribution is -0.205. The number of aromatic hydroxyl groups is 1. The van der Waals surface area contributed by atoms with Crippen LogP contribution in [0.5, 0.6) is 5.75 Å². The fraction of sp³-hybridized carbons (Fsp3) is 0.714. The van der Waals surface area contributed by atoms with Crippen molar-refractivity contribution in [3.63, 3.8) is 0 Å². The van der Waals surface area contributed by atoms with Crippen LogP contribution in [0, 0.1) is 16.7 Å². The highest BCUT2D eigenvalue weighted by Gasteiger charge is 2.64. The number of unbranched alkanes of at least 4 members (excludes halogenated alkanes) is 3. The summed E-state index contributed by atoms with van der Waals surface area (Å²) in [5, 5.41) is 30.5. The van der Waals surface area contributed by atoms with Crippen LogP contribution in [0.25, 0.3) is 0 Å². The second-order valence-electron chi connectivity index (χ2n) is 11.5. The van der Waals surface area contributed by atoms with Gasteiger partial charge < -0.3 is 15.3 Å². The zero-order valence-corrected chi connectivity index (χ0v) is 20.4. The van der Waals surface area contributed by atoms with Gasteiger partial charge in [-0.25, -0.2) is 0 Å². The number of benzene rings is 1. The van der Waals surface area contributed by atoms with Crippen molar-refractivity contribution in [2.24, 2.45) is 16.7 Å². The predicted octanol–water partition coefficient (Wildman–Crippen LogP) is 6.80. The molecule has 6 heteroatoms. The van der Waals surface area contributed by atoms with Crippen molar-refractivity contribution in [2.45, 2.75) is 108 Å². The van der Waals surface area contributed by atoms with E-state index in [0.717, 1.165) is 51.4 Å². The molecule has 3 aliphatic rings. The predicted molar refractivity (Wildman–Crippen MR) is 127 cm³/mol. The lowest BCUT2D eigenvalue weighted by Crippen LogP contribution is -2.54. The summed E-state index contributed by atoms with van der Waals surface area (Å²) >= 11 is 0. The van der Waals surface area contributed by atoms with Crippen LogP contribution in [-0.2, 0) is 6.42 Å². The first kappa shape index (κ1) is 25.6. The van der Waals surface area contributed by atoms with Gasteiger partial charge in [0.05, 0.1) is 5.60 Å². The molecular formula is C28H39F3O3. The summed E-state index contributed by atoms with van der Waals surface area (Å²) in [5.74, 6) is 1.03. The van der Waals surface area contributed by atoms with Crippen molar-refractivity contribution in [1.82, 2.24) is 0 Å². The Hall–Kier alpha value is -1.53. The van der Waals surface area contributed by atoms with Gasteiger partial charge in [0.25, 0.3) is 0 Å². The zero-order chi connectivity index (χ0) is 24.8. The molecule has 6 atom stereocenters. The van der Waals surface area contributed by atoms with E-state index in [9.17, 15) is 23.4 Å². The van der Waals surface area contributed by atoms with Crippen LogP contribution in [0.2, 0.25) is 0 Å². The quantitative estimate of drug-likeness (QED) is 0.297. The molecule has 0 heterocycles. The van der Waals surface area contributed by atoms with Gasteiger partial charge in [-0.05, 0) is 111 Å². The van der Waals surface area contributed by atoms with Crippen LogP contribution >= 0.6 is 0 Å². The Morgan fingerprint density at radius 3 is 2.59 bits per heavy atom. The monoisotopic (exact) mass is 480 g/mol. The molecule has 3 nitrogen and oxygen atoms in total. The van der Waals surface area contributed by atoms with Gasteiger partial charge in [-0.3, -0.25) is 0 Å². The highest BCUT2D eigenvalue weighted by molar-refractivity contribution is 5.43. The van der Waals surface area contributed by atoms with Crippen molar-refractivity contribution >= 4 is 0 Å². The first-order chi connectivity index (χ1) is 15.9. The molecule has 0 spiro atoms. The van der Waals surface area contributed by atoms with Gasteiger partial charge in [-0.2, -0.15) is 13.2 Å². The maximum absolute atomic E-state index is 12.5. The molecule has 0 amide bonds. The van der Waals surface area contributed by atoms with E-state index in [-0.39, 0.29) is 17.3 Å². The zero-order valence-electron chi connectivity index (χ0n) is 20.4.